The van der Waals surface area contributed by atoms with Gasteiger partial charge < -0.3 is 15.6 Å². The molecule has 3 N–H and O–H groups in total. The number of imidazole rings is 1. The van der Waals surface area contributed by atoms with Crippen molar-refractivity contribution in [3.05, 3.63) is 29.8 Å². The number of aromatic nitrogens is 2. The van der Waals surface area contributed by atoms with Gasteiger partial charge >= 0.3 is 0 Å². The van der Waals surface area contributed by atoms with Crippen molar-refractivity contribution in [2.75, 3.05) is 6.54 Å². The van der Waals surface area contributed by atoms with Crippen LogP contribution in [0.5, 0.6) is 0 Å². The van der Waals surface area contributed by atoms with Crippen LogP contribution in [0.25, 0.3) is 11.0 Å². The zero-order chi connectivity index (χ0) is 15.5. The van der Waals surface area contributed by atoms with Crippen LogP contribution in [0.2, 0.25) is 0 Å². The van der Waals surface area contributed by atoms with E-state index in [-0.39, 0.29) is 24.3 Å². The minimum Gasteiger partial charge on any atom is -0.352 e. The largest absolute Gasteiger partial charge is 0.352 e. The molecule has 3 rings (SSSR count). The first-order valence-electron chi connectivity index (χ1n) is 7.81. The number of rotatable bonds is 5. The number of hydrogen-bond acceptors (Lipinski definition) is 3. The minimum absolute atomic E-state index is 0.0196. The molecule has 0 atom stereocenters. The van der Waals surface area contributed by atoms with Crippen LogP contribution in [0.3, 0.4) is 0 Å². The first kappa shape index (κ1) is 15.0. The van der Waals surface area contributed by atoms with Crippen LogP contribution in [0.4, 0.5) is 4.39 Å². The van der Waals surface area contributed by atoms with Crippen LogP contribution in [0.15, 0.2) is 18.2 Å². The molecule has 1 fully saturated rings. The number of amides is 1. The fourth-order valence-corrected chi connectivity index (χ4v) is 3.14. The van der Waals surface area contributed by atoms with Gasteiger partial charge in [0.2, 0.25) is 5.91 Å². The first-order valence-corrected chi connectivity index (χ1v) is 7.81. The van der Waals surface area contributed by atoms with E-state index in [1.54, 1.807) is 6.07 Å². The second-order valence-electron chi connectivity index (χ2n) is 5.83. The summed E-state index contributed by atoms with van der Waals surface area (Å²) in [5.74, 6) is 0.380. The lowest BCUT2D eigenvalue weighted by atomic mass is 10.2. The summed E-state index contributed by atoms with van der Waals surface area (Å²) in [6.45, 7) is 0.643. The maximum atomic E-state index is 13.3. The summed E-state index contributed by atoms with van der Waals surface area (Å²) in [5, 5.41) is 3.07. The van der Waals surface area contributed by atoms with Crippen LogP contribution in [0.1, 0.15) is 31.5 Å². The van der Waals surface area contributed by atoms with Crippen LogP contribution in [-0.2, 0) is 17.8 Å². The number of nitrogens with two attached hydrogens (primary N) is 1. The van der Waals surface area contributed by atoms with Crippen molar-refractivity contribution in [1.29, 1.82) is 0 Å². The summed E-state index contributed by atoms with van der Waals surface area (Å²) in [7, 11) is 0. The van der Waals surface area contributed by atoms with Gasteiger partial charge in [-0.15, -0.1) is 0 Å². The summed E-state index contributed by atoms with van der Waals surface area (Å²) >= 11 is 0. The summed E-state index contributed by atoms with van der Waals surface area (Å²) < 4.78 is 15.2. The maximum absolute atomic E-state index is 13.3. The molecule has 6 heteroatoms. The average Bonchev–Trinajstić information content (AvgIpc) is 3.08. The number of benzene rings is 1. The minimum atomic E-state index is -0.327. The summed E-state index contributed by atoms with van der Waals surface area (Å²) in [4.78, 5) is 16.7. The van der Waals surface area contributed by atoms with Gasteiger partial charge in [0.05, 0.1) is 11.0 Å². The van der Waals surface area contributed by atoms with Crippen molar-refractivity contribution >= 4 is 16.9 Å². The highest BCUT2D eigenvalue weighted by Gasteiger charge is 2.19. The smallest absolute Gasteiger partial charge is 0.240 e. The van der Waals surface area contributed by atoms with Gasteiger partial charge in [-0.2, -0.15) is 0 Å². The molecule has 22 heavy (non-hydrogen) atoms. The first-order chi connectivity index (χ1) is 10.7. The molecule has 0 bridgehead atoms. The molecule has 118 valence electrons. The van der Waals surface area contributed by atoms with E-state index < -0.39 is 0 Å². The Morgan fingerprint density at radius 2 is 2.18 bits per heavy atom. The van der Waals surface area contributed by atoms with E-state index in [0.717, 1.165) is 24.2 Å². The number of fused-ring (bicyclic) bond motifs is 1. The van der Waals surface area contributed by atoms with Gasteiger partial charge in [-0.05, 0) is 31.5 Å². The average molecular weight is 304 g/mol. The van der Waals surface area contributed by atoms with Crippen molar-refractivity contribution < 1.29 is 9.18 Å². The molecule has 5 nitrogen and oxygen atoms in total. The monoisotopic (exact) mass is 304 g/mol. The Morgan fingerprint density at radius 1 is 1.41 bits per heavy atom. The Morgan fingerprint density at radius 3 is 2.91 bits per heavy atom. The van der Waals surface area contributed by atoms with E-state index in [4.69, 9.17) is 5.73 Å². The molecular formula is C16H21FN4O. The van der Waals surface area contributed by atoms with E-state index in [9.17, 15) is 9.18 Å². The van der Waals surface area contributed by atoms with E-state index in [0.29, 0.717) is 18.5 Å². The van der Waals surface area contributed by atoms with Crippen molar-refractivity contribution in [1.82, 2.24) is 14.9 Å². The normalized spacial score (nSPS) is 15.5. The van der Waals surface area contributed by atoms with Crippen LogP contribution in [0, 0.1) is 5.82 Å². The fraction of sp³-hybridized carbons (Fsp3) is 0.500. The summed E-state index contributed by atoms with van der Waals surface area (Å²) in [6, 6.07) is 4.74. The fourth-order valence-electron chi connectivity index (χ4n) is 3.14. The van der Waals surface area contributed by atoms with E-state index in [1.807, 2.05) is 4.57 Å². The van der Waals surface area contributed by atoms with E-state index in [2.05, 4.69) is 10.3 Å². The third-order valence-electron chi connectivity index (χ3n) is 4.18. The number of nitrogens with one attached hydrogen (secondary N) is 1. The molecule has 0 spiro atoms. The zero-order valence-electron chi connectivity index (χ0n) is 12.5. The highest BCUT2D eigenvalue weighted by Crippen LogP contribution is 2.19. The number of hydrogen-bond donors (Lipinski definition) is 2. The molecular weight excluding hydrogens is 283 g/mol. The molecule has 2 aromatic rings. The lowest BCUT2D eigenvalue weighted by Gasteiger charge is -2.14. The van der Waals surface area contributed by atoms with Crippen molar-refractivity contribution in [3.63, 3.8) is 0 Å². The number of nitrogens with zero attached hydrogens (tertiary/aromatic N) is 2. The van der Waals surface area contributed by atoms with Crippen molar-refractivity contribution in [2.45, 2.75) is 44.7 Å². The number of carbonyl (C=O) groups is 1. The Labute approximate surface area is 128 Å². The Bertz CT molecular complexity index is 676. The van der Waals surface area contributed by atoms with Crippen LogP contribution < -0.4 is 11.1 Å². The standard InChI is InChI=1S/C16H21FN4O/c17-11-5-6-14-13(9-11)20-15(7-8-18)21(14)10-16(22)19-12-3-1-2-4-12/h5-6,9,12H,1-4,7-8,10,18H2,(H,19,22). The van der Waals surface area contributed by atoms with Gasteiger partial charge in [0.25, 0.3) is 0 Å². The molecule has 1 heterocycles. The Hall–Kier alpha value is -1.95. The predicted octanol–water partition coefficient (Wildman–Crippen LogP) is 1.74. The zero-order valence-corrected chi connectivity index (χ0v) is 12.5. The quantitative estimate of drug-likeness (QED) is 0.883. The molecule has 1 aliphatic rings. The molecule has 0 aliphatic heterocycles. The molecule has 1 aliphatic carbocycles. The van der Waals surface area contributed by atoms with Crippen LogP contribution >= 0.6 is 0 Å². The number of carbonyl (C=O) groups excluding carboxylic acids is 1. The van der Waals surface area contributed by atoms with Crippen molar-refractivity contribution in [2.24, 2.45) is 5.73 Å². The van der Waals surface area contributed by atoms with Gasteiger partial charge in [-0.1, -0.05) is 12.8 Å². The van der Waals surface area contributed by atoms with Gasteiger partial charge in [-0.25, -0.2) is 9.37 Å². The van der Waals surface area contributed by atoms with E-state index >= 15 is 0 Å². The molecule has 1 amide bonds. The second-order valence-corrected chi connectivity index (χ2v) is 5.83. The third-order valence-corrected chi connectivity index (χ3v) is 4.18. The Kier molecular flexibility index (Phi) is 4.38. The second kappa shape index (κ2) is 6.44. The third kappa shape index (κ3) is 3.11. The lowest BCUT2D eigenvalue weighted by molar-refractivity contribution is -0.122. The molecule has 1 saturated carbocycles. The molecule has 0 unspecified atom stereocenters. The molecule has 1 aromatic carbocycles. The van der Waals surface area contributed by atoms with Gasteiger partial charge in [-0.3, -0.25) is 4.79 Å². The Balaban J connectivity index is 1.83. The maximum Gasteiger partial charge on any atom is 0.240 e. The van der Waals surface area contributed by atoms with E-state index in [1.165, 1.54) is 25.0 Å². The topological polar surface area (TPSA) is 72.9 Å². The SMILES string of the molecule is NCCc1nc2cc(F)ccc2n1CC(=O)NC1CCCC1. The van der Waals surface area contributed by atoms with Gasteiger partial charge in [0.1, 0.15) is 18.2 Å². The van der Waals surface area contributed by atoms with Gasteiger partial charge in [0.15, 0.2) is 0 Å². The summed E-state index contributed by atoms with van der Waals surface area (Å²) in [5.41, 5.74) is 6.95. The van der Waals surface area contributed by atoms with Gasteiger partial charge in [0, 0.05) is 18.5 Å². The molecule has 1 aromatic heterocycles. The number of halogens is 1. The lowest BCUT2D eigenvalue weighted by Crippen LogP contribution is -2.35. The predicted molar refractivity (Wildman–Crippen MR) is 82.8 cm³/mol. The highest BCUT2D eigenvalue weighted by molar-refractivity contribution is 5.81. The molecule has 0 radical (unpaired) electrons. The van der Waals surface area contributed by atoms with Crippen molar-refractivity contribution in [3.8, 4) is 0 Å². The van der Waals surface area contributed by atoms with Crippen LogP contribution in [-0.4, -0.2) is 28.0 Å². The highest BCUT2D eigenvalue weighted by atomic mass is 19.1. The summed E-state index contributed by atoms with van der Waals surface area (Å²) in [6.07, 6.45) is 5.02. The molecule has 0 saturated heterocycles.